The maximum atomic E-state index is 12.4. The summed E-state index contributed by atoms with van der Waals surface area (Å²) < 4.78 is 23.2. The summed E-state index contributed by atoms with van der Waals surface area (Å²) in [6.07, 6.45) is 3.98. The van der Waals surface area contributed by atoms with Crippen LogP contribution in [0.15, 0.2) is 35.5 Å². The Labute approximate surface area is 138 Å². The fourth-order valence-electron chi connectivity index (χ4n) is 2.39. The minimum Gasteiger partial charge on any atom is -0.322 e. The highest BCUT2D eigenvalue weighted by Gasteiger charge is 2.29. The number of halogens is 1. The summed E-state index contributed by atoms with van der Waals surface area (Å²) in [6, 6.07) is 4.20. The van der Waals surface area contributed by atoms with Crippen molar-refractivity contribution in [2.75, 3.05) is 11.6 Å². The molecule has 0 spiro atoms. The normalized spacial score (nSPS) is 16.9. The van der Waals surface area contributed by atoms with Gasteiger partial charge in [-0.05, 0) is 34.9 Å². The smallest absolute Gasteiger partial charge is 0.246 e. The Hall–Kier alpha value is -2.03. The molecule has 0 fully saturated rings. The first-order chi connectivity index (χ1) is 10.8. The van der Waals surface area contributed by atoms with Crippen molar-refractivity contribution >= 4 is 33.0 Å². The molecule has 9 heteroatoms. The van der Waals surface area contributed by atoms with E-state index in [0.717, 1.165) is 17.4 Å². The van der Waals surface area contributed by atoms with Gasteiger partial charge in [-0.2, -0.15) is 0 Å². The highest BCUT2D eigenvalue weighted by Crippen LogP contribution is 2.28. The minimum atomic E-state index is -3.27. The molecule has 1 aliphatic heterocycles. The van der Waals surface area contributed by atoms with Gasteiger partial charge in [-0.1, -0.05) is 6.07 Å². The van der Waals surface area contributed by atoms with E-state index in [4.69, 9.17) is 11.6 Å². The van der Waals surface area contributed by atoms with Gasteiger partial charge < -0.3 is 5.32 Å². The molecule has 2 N–H and O–H groups in total. The first-order valence-corrected chi connectivity index (χ1v) is 8.96. The predicted octanol–water partition coefficient (Wildman–Crippen LogP) is 1.32. The van der Waals surface area contributed by atoms with Crippen molar-refractivity contribution < 1.29 is 13.2 Å². The Kier molecular flexibility index (Phi) is 4.05. The number of nitrogens with zero attached hydrogens (tertiary/aromatic N) is 2. The molecule has 3 rings (SSSR count). The molecule has 0 radical (unpaired) electrons. The van der Waals surface area contributed by atoms with E-state index in [1.165, 1.54) is 18.5 Å². The van der Waals surface area contributed by atoms with Gasteiger partial charge in [-0.25, -0.2) is 18.4 Å². The third-order valence-corrected chi connectivity index (χ3v) is 4.81. The lowest BCUT2D eigenvalue weighted by Crippen LogP contribution is -2.28. The van der Waals surface area contributed by atoms with E-state index in [-0.39, 0.29) is 16.1 Å². The summed E-state index contributed by atoms with van der Waals surface area (Å²) in [5, 5.41) is 5.85. The standard InChI is InChI=1S/C14H13ClN4O3S/c1-23(21,22)10-2-3-11-8(4-10)5-16-12(11)13(20)19-9-6-17-14(15)18-7-9/h2-4,6-7,12,16H,5H2,1H3,(H,19,20). The lowest BCUT2D eigenvalue weighted by molar-refractivity contribution is -0.118. The van der Waals surface area contributed by atoms with Crippen LogP contribution in [0.4, 0.5) is 5.69 Å². The van der Waals surface area contributed by atoms with E-state index >= 15 is 0 Å². The lowest BCUT2D eigenvalue weighted by atomic mass is 10.0. The largest absolute Gasteiger partial charge is 0.322 e. The number of benzene rings is 1. The van der Waals surface area contributed by atoms with Crippen molar-refractivity contribution in [1.82, 2.24) is 15.3 Å². The highest BCUT2D eigenvalue weighted by atomic mass is 35.5. The quantitative estimate of drug-likeness (QED) is 0.808. The molecule has 120 valence electrons. The van der Waals surface area contributed by atoms with Crippen LogP contribution in [0, 0.1) is 0 Å². The predicted molar refractivity (Wildman–Crippen MR) is 84.8 cm³/mol. The van der Waals surface area contributed by atoms with Gasteiger partial charge in [0, 0.05) is 12.8 Å². The van der Waals surface area contributed by atoms with Gasteiger partial charge in [0.25, 0.3) is 0 Å². The summed E-state index contributed by atoms with van der Waals surface area (Å²) in [4.78, 5) is 20.2. The van der Waals surface area contributed by atoms with Crippen molar-refractivity contribution in [2.45, 2.75) is 17.5 Å². The first-order valence-electron chi connectivity index (χ1n) is 6.69. The molecule has 0 aliphatic carbocycles. The van der Waals surface area contributed by atoms with Crippen LogP contribution in [0.5, 0.6) is 0 Å². The van der Waals surface area contributed by atoms with Gasteiger partial charge in [0.1, 0.15) is 6.04 Å². The number of nitrogens with one attached hydrogen (secondary N) is 2. The molecule has 1 atom stereocenters. The second-order valence-corrected chi connectivity index (χ2v) is 7.53. The number of hydrogen-bond acceptors (Lipinski definition) is 6. The summed E-state index contributed by atoms with van der Waals surface area (Å²) in [5.74, 6) is -0.276. The molecule has 0 saturated heterocycles. The maximum absolute atomic E-state index is 12.4. The molecular formula is C14H13ClN4O3S. The molecular weight excluding hydrogens is 340 g/mol. The van der Waals surface area contributed by atoms with Crippen LogP contribution < -0.4 is 10.6 Å². The highest BCUT2D eigenvalue weighted by molar-refractivity contribution is 7.90. The monoisotopic (exact) mass is 352 g/mol. The van der Waals surface area contributed by atoms with E-state index < -0.39 is 15.9 Å². The Bertz CT molecular complexity index is 868. The third-order valence-electron chi connectivity index (χ3n) is 3.50. The minimum absolute atomic E-state index is 0.0978. The Morgan fingerprint density at radius 1 is 1.35 bits per heavy atom. The fraction of sp³-hybridized carbons (Fsp3) is 0.214. The maximum Gasteiger partial charge on any atom is 0.246 e. The van der Waals surface area contributed by atoms with Crippen LogP contribution in [0.3, 0.4) is 0 Å². The number of fused-ring (bicyclic) bond motifs is 1. The number of carbonyl (C=O) groups is 1. The van der Waals surface area contributed by atoms with Crippen LogP contribution >= 0.6 is 11.6 Å². The van der Waals surface area contributed by atoms with Crippen LogP contribution in [0.2, 0.25) is 5.28 Å². The second-order valence-electron chi connectivity index (χ2n) is 5.18. The zero-order valence-corrected chi connectivity index (χ0v) is 13.6. The summed E-state index contributed by atoms with van der Waals surface area (Å²) in [6.45, 7) is 0.425. The molecule has 1 aromatic carbocycles. The van der Waals surface area contributed by atoms with Crippen molar-refractivity contribution in [2.24, 2.45) is 0 Å². The van der Waals surface area contributed by atoms with Crippen molar-refractivity contribution in [3.8, 4) is 0 Å². The molecule has 1 unspecified atom stereocenters. The third kappa shape index (κ3) is 3.34. The van der Waals surface area contributed by atoms with Gasteiger partial charge >= 0.3 is 0 Å². The average Bonchev–Trinajstić information content (AvgIpc) is 2.92. The van der Waals surface area contributed by atoms with E-state index in [1.807, 2.05) is 0 Å². The van der Waals surface area contributed by atoms with Crippen LogP contribution in [-0.4, -0.2) is 30.5 Å². The van der Waals surface area contributed by atoms with E-state index in [9.17, 15) is 13.2 Å². The number of sulfone groups is 1. The molecule has 2 heterocycles. The van der Waals surface area contributed by atoms with Crippen molar-refractivity contribution in [3.05, 3.63) is 47.0 Å². The number of aromatic nitrogens is 2. The van der Waals surface area contributed by atoms with Crippen LogP contribution in [-0.2, 0) is 21.2 Å². The Morgan fingerprint density at radius 3 is 2.70 bits per heavy atom. The zero-order chi connectivity index (χ0) is 16.6. The van der Waals surface area contributed by atoms with E-state index in [1.54, 1.807) is 12.1 Å². The van der Waals surface area contributed by atoms with E-state index in [0.29, 0.717) is 12.2 Å². The van der Waals surface area contributed by atoms with Gasteiger partial charge in [-0.15, -0.1) is 0 Å². The number of carbonyl (C=O) groups excluding carboxylic acids is 1. The topological polar surface area (TPSA) is 101 Å². The number of rotatable bonds is 3. The number of anilines is 1. The summed E-state index contributed by atoms with van der Waals surface area (Å²) in [7, 11) is -3.27. The summed E-state index contributed by atoms with van der Waals surface area (Å²) >= 11 is 5.60. The van der Waals surface area contributed by atoms with E-state index in [2.05, 4.69) is 20.6 Å². The zero-order valence-electron chi connectivity index (χ0n) is 12.1. The average molecular weight is 353 g/mol. The number of amides is 1. The lowest BCUT2D eigenvalue weighted by Gasteiger charge is -2.12. The molecule has 1 aliphatic rings. The van der Waals surface area contributed by atoms with Crippen LogP contribution in [0.1, 0.15) is 17.2 Å². The molecule has 1 amide bonds. The first kappa shape index (κ1) is 15.9. The molecule has 0 saturated carbocycles. The van der Waals surface area contributed by atoms with Gasteiger partial charge in [0.15, 0.2) is 9.84 Å². The van der Waals surface area contributed by atoms with Gasteiger partial charge in [-0.3, -0.25) is 10.1 Å². The fourth-order valence-corrected chi connectivity index (χ4v) is 3.16. The SMILES string of the molecule is CS(=O)(=O)c1ccc2c(c1)CNC2C(=O)Nc1cnc(Cl)nc1. The Morgan fingerprint density at radius 2 is 2.04 bits per heavy atom. The molecule has 23 heavy (non-hydrogen) atoms. The summed E-state index contributed by atoms with van der Waals surface area (Å²) in [5.41, 5.74) is 1.98. The van der Waals surface area contributed by atoms with Gasteiger partial charge in [0.2, 0.25) is 11.2 Å². The van der Waals surface area contributed by atoms with Gasteiger partial charge in [0.05, 0.1) is 23.0 Å². The van der Waals surface area contributed by atoms with Crippen molar-refractivity contribution in [3.63, 3.8) is 0 Å². The van der Waals surface area contributed by atoms with Crippen molar-refractivity contribution in [1.29, 1.82) is 0 Å². The number of hydrogen-bond donors (Lipinski definition) is 2. The molecule has 1 aromatic heterocycles. The molecule has 0 bridgehead atoms. The van der Waals surface area contributed by atoms with Crippen LogP contribution in [0.25, 0.3) is 0 Å². The molecule has 2 aromatic rings. The second kappa shape index (κ2) is 5.88. The molecule has 7 nitrogen and oxygen atoms in total. The Balaban J connectivity index is 1.82.